The topological polar surface area (TPSA) is 67.0 Å². The summed E-state index contributed by atoms with van der Waals surface area (Å²) in [6, 6.07) is 11.2. The predicted molar refractivity (Wildman–Crippen MR) is 95.6 cm³/mol. The Kier molecular flexibility index (Phi) is 5.01. The summed E-state index contributed by atoms with van der Waals surface area (Å²) in [7, 11) is 0. The highest BCUT2D eigenvalue weighted by Gasteiger charge is 2.07. The summed E-state index contributed by atoms with van der Waals surface area (Å²) in [5.74, 6) is 0.715. The van der Waals surface area contributed by atoms with Crippen molar-refractivity contribution in [2.24, 2.45) is 0 Å². The fraction of sp³-hybridized carbons (Fsp3) is 0.222. The number of hydrogen-bond acceptors (Lipinski definition) is 3. The van der Waals surface area contributed by atoms with Crippen LogP contribution in [0.3, 0.4) is 0 Å². The first-order chi connectivity index (χ1) is 11.6. The van der Waals surface area contributed by atoms with E-state index in [-0.39, 0.29) is 5.91 Å². The van der Waals surface area contributed by atoms with E-state index in [0.717, 1.165) is 32.9 Å². The fourth-order valence-electron chi connectivity index (χ4n) is 2.42. The van der Waals surface area contributed by atoms with Crippen molar-refractivity contribution in [2.75, 3.05) is 11.9 Å². The molecule has 1 amide bonds. The lowest BCUT2D eigenvalue weighted by Crippen LogP contribution is -2.13. The zero-order valence-electron chi connectivity index (χ0n) is 13.3. The minimum Gasteiger partial charge on any atom is -0.494 e. The minimum absolute atomic E-state index is 0.0482. The monoisotopic (exact) mass is 343 g/mol. The van der Waals surface area contributed by atoms with Gasteiger partial charge in [0.25, 0.3) is 0 Å². The lowest BCUT2D eigenvalue weighted by atomic mass is 10.2. The van der Waals surface area contributed by atoms with Crippen LogP contribution < -0.4 is 10.1 Å². The maximum atomic E-state index is 12.1. The Balaban J connectivity index is 1.47. The quantitative estimate of drug-likeness (QED) is 0.655. The molecular weight excluding hydrogens is 326 g/mol. The molecule has 2 aromatic carbocycles. The number of ether oxygens (including phenoxy) is 1. The molecule has 1 heterocycles. The summed E-state index contributed by atoms with van der Waals surface area (Å²) in [5.41, 5.74) is 2.54. The molecule has 0 radical (unpaired) electrons. The largest absolute Gasteiger partial charge is 0.494 e. The van der Waals surface area contributed by atoms with E-state index in [9.17, 15) is 4.79 Å². The summed E-state index contributed by atoms with van der Waals surface area (Å²) in [5, 5.41) is 11.5. The maximum absolute atomic E-state index is 12.1. The Hall–Kier alpha value is -2.53. The van der Waals surface area contributed by atoms with Crippen molar-refractivity contribution in [3.63, 3.8) is 0 Å². The zero-order chi connectivity index (χ0) is 16.9. The first-order valence-corrected chi connectivity index (χ1v) is 8.12. The number of H-pyrrole nitrogens is 1. The van der Waals surface area contributed by atoms with Crippen LogP contribution in [0.1, 0.15) is 18.4 Å². The molecule has 0 bridgehead atoms. The third-order valence-corrected chi connectivity index (χ3v) is 4.12. The average molecular weight is 344 g/mol. The van der Waals surface area contributed by atoms with E-state index in [2.05, 4.69) is 15.5 Å². The second-order valence-electron chi connectivity index (χ2n) is 5.55. The number of aromatic amines is 1. The van der Waals surface area contributed by atoms with Gasteiger partial charge >= 0.3 is 0 Å². The molecule has 0 fully saturated rings. The predicted octanol–water partition coefficient (Wildman–Crippen LogP) is 4.32. The van der Waals surface area contributed by atoms with Gasteiger partial charge in [0.1, 0.15) is 5.75 Å². The van der Waals surface area contributed by atoms with Gasteiger partial charge < -0.3 is 10.1 Å². The van der Waals surface area contributed by atoms with Crippen LogP contribution in [0.2, 0.25) is 5.02 Å². The van der Waals surface area contributed by atoms with E-state index < -0.39 is 0 Å². The summed E-state index contributed by atoms with van der Waals surface area (Å²) in [6.07, 6.45) is 2.75. The molecule has 124 valence electrons. The number of carbonyl (C=O) groups excluding carboxylic acids is 1. The first-order valence-electron chi connectivity index (χ1n) is 7.74. The number of nitrogens with one attached hydrogen (secondary N) is 2. The number of benzene rings is 2. The van der Waals surface area contributed by atoms with Crippen LogP contribution in [0.25, 0.3) is 10.9 Å². The normalized spacial score (nSPS) is 10.8. The van der Waals surface area contributed by atoms with Crippen LogP contribution in [0, 0.1) is 6.92 Å². The van der Waals surface area contributed by atoms with Gasteiger partial charge in [0, 0.05) is 16.8 Å². The molecule has 0 atom stereocenters. The number of aryl methyl sites for hydroxylation is 1. The molecule has 5 nitrogen and oxygen atoms in total. The number of para-hydroxylation sites is 1. The van der Waals surface area contributed by atoms with Crippen LogP contribution in [0.15, 0.2) is 42.6 Å². The highest BCUT2D eigenvalue weighted by molar-refractivity contribution is 6.31. The SMILES string of the molecule is Cc1cc(OCCCC(=O)Nc2cccc3cn[nH]c23)ccc1Cl. The third-order valence-electron chi connectivity index (χ3n) is 3.70. The van der Waals surface area contributed by atoms with Crippen molar-refractivity contribution in [1.29, 1.82) is 0 Å². The van der Waals surface area contributed by atoms with Crippen LogP contribution in [-0.4, -0.2) is 22.7 Å². The number of hydrogen-bond donors (Lipinski definition) is 2. The van der Waals surface area contributed by atoms with Gasteiger partial charge in [-0.25, -0.2) is 0 Å². The lowest BCUT2D eigenvalue weighted by molar-refractivity contribution is -0.116. The minimum atomic E-state index is -0.0482. The summed E-state index contributed by atoms with van der Waals surface area (Å²) in [6.45, 7) is 2.40. The molecule has 0 aliphatic heterocycles. The fourth-order valence-corrected chi connectivity index (χ4v) is 2.53. The molecule has 0 saturated heterocycles. The van der Waals surface area contributed by atoms with Gasteiger partial charge in [-0.15, -0.1) is 0 Å². The van der Waals surface area contributed by atoms with Crippen LogP contribution in [0.5, 0.6) is 5.75 Å². The molecule has 0 aliphatic rings. The number of rotatable bonds is 6. The molecule has 0 aliphatic carbocycles. The van der Waals surface area contributed by atoms with Gasteiger partial charge in [0.2, 0.25) is 5.91 Å². The molecule has 0 spiro atoms. The molecule has 0 unspecified atom stereocenters. The van der Waals surface area contributed by atoms with Gasteiger partial charge in [0.15, 0.2) is 0 Å². The molecule has 3 rings (SSSR count). The smallest absolute Gasteiger partial charge is 0.224 e. The van der Waals surface area contributed by atoms with Crippen molar-refractivity contribution in [3.8, 4) is 5.75 Å². The lowest BCUT2D eigenvalue weighted by Gasteiger charge is -2.08. The maximum Gasteiger partial charge on any atom is 0.224 e. The van der Waals surface area contributed by atoms with Gasteiger partial charge in [-0.05, 0) is 43.2 Å². The van der Waals surface area contributed by atoms with E-state index in [0.29, 0.717) is 19.4 Å². The van der Waals surface area contributed by atoms with E-state index in [1.807, 2.05) is 43.3 Å². The third kappa shape index (κ3) is 3.86. The van der Waals surface area contributed by atoms with Gasteiger partial charge in [-0.3, -0.25) is 9.89 Å². The second-order valence-corrected chi connectivity index (χ2v) is 5.96. The number of halogens is 1. The van der Waals surface area contributed by atoms with Crippen LogP contribution in [0.4, 0.5) is 5.69 Å². The van der Waals surface area contributed by atoms with Gasteiger partial charge in [-0.1, -0.05) is 23.7 Å². The van der Waals surface area contributed by atoms with Gasteiger partial charge in [0.05, 0.1) is 24.0 Å². The van der Waals surface area contributed by atoms with Crippen molar-refractivity contribution in [3.05, 3.63) is 53.2 Å². The zero-order valence-corrected chi connectivity index (χ0v) is 14.1. The standard InChI is InChI=1S/C18H18ClN3O2/c1-12-10-14(7-8-15(12)19)24-9-3-6-17(23)21-16-5-2-4-13-11-20-22-18(13)16/h2,4-5,7-8,10-11H,3,6,9H2,1H3,(H,20,22)(H,21,23). The Labute approximate surface area is 145 Å². The van der Waals surface area contributed by atoms with E-state index in [1.54, 1.807) is 6.20 Å². The Morgan fingerprint density at radius 1 is 1.33 bits per heavy atom. The van der Waals surface area contributed by atoms with E-state index >= 15 is 0 Å². The van der Waals surface area contributed by atoms with Crippen molar-refractivity contribution >= 4 is 34.1 Å². The van der Waals surface area contributed by atoms with Crippen molar-refractivity contribution in [1.82, 2.24) is 10.2 Å². The second kappa shape index (κ2) is 7.36. The number of anilines is 1. The van der Waals surface area contributed by atoms with E-state index in [4.69, 9.17) is 16.3 Å². The first kappa shape index (κ1) is 16.3. The average Bonchev–Trinajstić information content (AvgIpc) is 3.04. The van der Waals surface area contributed by atoms with Crippen molar-refractivity contribution in [2.45, 2.75) is 19.8 Å². The molecule has 6 heteroatoms. The molecule has 1 aromatic heterocycles. The number of amides is 1. The number of fused-ring (bicyclic) bond motifs is 1. The molecular formula is C18H18ClN3O2. The molecule has 0 saturated carbocycles. The van der Waals surface area contributed by atoms with Crippen LogP contribution in [-0.2, 0) is 4.79 Å². The summed E-state index contributed by atoms with van der Waals surface area (Å²) < 4.78 is 5.65. The summed E-state index contributed by atoms with van der Waals surface area (Å²) >= 11 is 5.98. The molecule has 3 aromatic rings. The number of nitrogens with zero attached hydrogens (tertiary/aromatic N) is 1. The highest BCUT2D eigenvalue weighted by atomic mass is 35.5. The molecule has 24 heavy (non-hydrogen) atoms. The number of carbonyl (C=O) groups is 1. The van der Waals surface area contributed by atoms with E-state index in [1.165, 1.54) is 0 Å². The summed E-state index contributed by atoms with van der Waals surface area (Å²) in [4.78, 5) is 12.1. The highest BCUT2D eigenvalue weighted by Crippen LogP contribution is 2.22. The molecule has 2 N–H and O–H groups in total. The Morgan fingerprint density at radius 3 is 3.04 bits per heavy atom. The number of aromatic nitrogens is 2. The van der Waals surface area contributed by atoms with Gasteiger partial charge in [-0.2, -0.15) is 5.10 Å². The van der Waals surface area contributed by atoms with Crippen LogP contribution >= 0.6 is 11.6 Å². The Morgan fingerprint density at radius 2 is 2.21 bits per heavy atom. The van der Waals surface area contributed by atoms with Crippen molar-refractivity contribution < 1.29 is 9.53 Å². The Bertz CT molecular complexity index is 860.